The van der Waals surface area contributed by atoms with E-state index in [1.165, 1.54) is 6.42 Å². The molecule has 1 aromatic rings. The quantitative estimate of drug-likeness (QED) is 0.746. The summed E-state index contributed by atoms with van der Waals surface area (Å²) in [5.41, 5.74) is 7.54. The molecule has 2 atom stereocenters. The van der Waals surface area contributed by atoms with Crippen LogP contribution >= 0.6 is 0 Å². The highest BCUT2D eigenvalue weighted by atomic mass is 16.5. The van der Waals surface area contributed by atoms with Gasteiger partial charge in [0.2, 0.25) is 0 Å². The number of ether oxygens (including phenoxy) is 1. The molecule has 1 fully saturated rings. The molecule has 2 rings (SSSR count). The zero-order valence-corrected chi connectivity index (χ0v) is 13.7. The van der Waals surface area contributed by atoms with Gasteiger partial charge in [-0.15, -0.1) is 0 Å². The third-order valence-corrected chi connectivity index (χ3v) is 4.60. The van der Waals surface area contributed by atoms with Gasteiger partial charge in [0.1, 0.15) is 0 Å². The molecule has 1 aliphatic heterocycles. The smallest absolute Gasteiger partial charge is 0.0948 e. The first kappa shape index (κ1) is 16.5. The lowest BCUT2D eigenvalue weighted by Crippen LogP contribution is -2.27. The van der Waals surface area contributed by atoms with Crippen molar-refractivity contribution in [2.75, 3.05) is 26.8 Å². The Labute approximate surface area is 128 Å². The first-order valence-electron chi connectivity index (χ1n) is 8.13. The van der Waals surface area contributed by atoms with E-state index in [1.807, 2.05) is 12.5 Å². The van der Waals surface area contributed by atoms with Gasteiger partial charge in [-0.05, 0) is 46.7 Å². The summed E-state index contributed by atoms with van der Waals surface area (Å²) in [6.45, 7) is 8.24. The van der Waals surface area contributed by atoms with E-state index in [0.717, 1.165) is 44.8 Å². The molecule has 1 saturated heterocycles. The van der Waals surface area contributed by atoms with E-state index in [4.69, 9.17) is 10.5 Å². The molecule has 2 unspecified atom stereocenters. The predicted octanol–water partition coefficient (Wildman–Crippen LogP) is 2.04. The summed E-state index contributed by atoms with van der Waals surface area (Å²) in [6, 6.07) is 0.665. The van der Waals surface area contributed by atoms with Gasteiger partial charge in [-0.2, -0.15) is 0 Å². The van der Waals surface area contributed by atoms with Crippen molar-refractivity contribution < 1.29 is 4.74 Å². The van der Waals surface area contributed by atoms with E-state index in [0.29, 0.717) is 12.0 Å². The minimum absolute atomic E-state index is 0.0494. The average Bonchev–Trinajstić information content (AvgIpc) is 3.13. The van der Waals surface area contributed by atoms with Crippen LogP contribution in [0, 0.1) is 5.92 Å². The number of hydrogen-bond donors (Lipinski definition) is 1. The second-order valence-electron chi connectivity index (χ2n) is 6.44. The lowest BCUT2D eigenvalue weighted by atomic mass is 9.97. The van der Waals surface area contributed by atoms with Crippen LogP contribution in [0.4, 0.5) is 0 Å². The third-order valence-electron chi connectivity index (χ3n) is 4.60. The van der Waals surface area contributed by atoms with E-state index in [-0.39, 0.29) is 6.04 Å². The maximum Gasteiger partial charge on any atom is 0.0948 e. The standard InChI is InChI=1S/C16H30N4O/c1-13(2)19(3)7-4-5-8-20-12-18-10-15(20)16(17)14-6-9-21-11-14/h10,12-14,16H,4-9,11,17H2,1-3H3. The maximum atomic E-state index is 6.39. The van der Waals surface area contributed by atoms with Crippen molar-refractivity contribution >= 4 is 0 Å². The number of imidazole rings is 1. The van der Waals surface area contributed by atoms with Crippen molar-refractivity contribution in [3.8, 4) is 0 Å². The summed E-state index contributed by atoms with van der Waals surface area (Å²) in [5, 5.41) is 0. The SMILES string of the molecule is CC(C)N(C)CCCCn1cncc1C(N)C1CCOC1. The highest BCUT2D eigenvalue weighted by Gasteiger charge is 2.26. The molecular weight excluding hydrogens is 264 g/mol. The molecular formula is C16H30N4O. The number of unbranched alkanes of at least 4 members (excludes halogenated alkanes) is 1. The molecule has 0 amide bonds. The summed E-state index contributed by atoms with van der Waals surface area (Å²) in [7, 11) is 2.18. The Morgan fingerprint density at radius 3 is 2.95 bits per heavy atom. The van der Waals surface area contributed by atoms with Gasteiger partial charge in [-0.3, -0.25) is 0 Å². The van der Waals surface area contributed by atoms with Crippen LogP contribution in [-0.4, -0.2) is 47.3 Å². The van der Waals surface area contributed by atoms with E-state index in [9.17, 15) is 0 Å². The van der Waals surface area contributed by atoms with Crippen LogP contribution in [0.1, 0.15) is 44.8 Å². The Kier molecular flexibility index (Phi) is 6.21. The lowest BCUT2D eigenvalue weighted by Gasteiger charge is -2.21. The minimum atomic E-state index is 0.0494. The van der Waals surface area contributed by atoms with Gasteiger partial charge in [-0.25, -0.2) is 4.98 Å². The van der Waals surface area contributed by atoms with Crippen LogP contribution in [0.2, 0.25) is 0 Å². The van der Waals surface area contributed by atoms with Crippen LogP contribution in [0.5, 0.6) is 0 Å². The Balaban J connectivity index is 1.80. The fourth-order valence-corrected chi connectivity index (χ4v) is 2.77. The normalized spacial score (nSPS) is 20.6. The highest BCUT2D eigenvalue weighted by molar-refractivity contribution is 5.07. The number of hydrogen-bond acceptors (Lipinski definition) is 4. The molecule has 0 aromatic carbocycles. The molecule has 120 valence electrons. The first-order valence-corrected chi connectivity index (χ1v) is 8.13. The van der Waals surface area contributed by atoms with E-state index in [2.05, 4.69) is 35.3 Å². The molecule has 0 aliphatic carbocycles. The molecule has 1 aromatic heterocycles. The second-order valence-corrected chi connectivity index (χ2v) is 6.44. The van der Waals surface area contributed by atoms with E-state index >= 15 is 0 Å². The lowest BCUT2D eigenvalue weighted by molar-refractivity contribution is 0.180. The summed E-state index contributed by atoms with van der Waals surface area (Å²) in [5.74, 6) is 0.438. The fraction of sp³-hybridized carbons (Fsp3) is 0.812. The van der Waals surface area contributed by atoms with E-state index in [1.54, 1.807) is 0 Å². The molecule has 0 saturated carbocycles. The van der Waals surface area contributed by atoms with Gasteiger partial charge in [0.05, 0.1) is 24.7 Å². The Morgan fingerprint density at radius 1 is 1.48 bits per heavy atom. The molecule has 2 N–H and O–H groups in total. The molecule has 5 nitrogen and oxygen atoms in total. The van der Waals surface area contributed by atoms with Crippen LogP contribution in [0.25, 0.3) is 0 Å². The minimum Gasteiger partial charge on any atom is -0.381 e. The fourth-order valence-electron chi connectivity index (χ4n) is 2.77. The summed E-state index contributed by atoms with van der Waals surface area (Å²) < 4.78 is 7.67. The van der Waals surface area contributed by atoms with Crippen molar-refractivity contribution in [2.45, 2.75) is 51.7 Å². The predicted molar refractivity (Wildman–Crippen MR) is 85.1 cm³/mol. The molecule has 5 heteroatoms. The van der Waals surface area contributed by atoms with Crippen molar-refractivity contribution in [1.29, 1.82) is 0 Å². The zero-order chi connectivity index (χ0) is 15.2. The molecule has 2 heterocycles. The molecule has 0 bridgehead atoms. The average molecular weight is 294 g/mol. The number of rotatable bonds is 8. The zero-order valence-electron chi connectivity index (χ0n) is 13.7. The van der Waals surface area contributed by atoms with Gasteiger partial charge in [0.25, 0.3) is 0 Å². The van der Waals surface area contributed by atoms with Crippen molar-refractivity contribution in [3.63, 3.8) is 0 Å². The van der Waals surface area contributed by atoms with Gasteiger partial charge in [-0.1, -0.05) is 0 Å². The molecule has 1 aliphatic rings. The summed E-state index contributed by atoms with van der Waals surface area (Å²) >= 11 is 0. The van der Waals surface area contributed by atoms with E-state index < -0.39 is 0 Å². The highest BCUT2D eigenvalue weighted by Crippen LogP contribution is 2.26. The number of aromatic nitrogens is 2. The van der Waals surface area contributed by atoms with Gasteiger partial charge in [0.15, 0.2) is 0 Å². The Bertz CT molecular complexity index is 412. The summed E-state index contributed by atoms with van der Waals surface area (Å²) in [6.07, 6.45) is 7.26. The van der Waals surface area contributed by atoms with Crippen LogP contribution in [0.3, 0.4) is 0 Å². The topological polar surface area (TPSA) is 56.3 Å². The second kappa shape index (κ2) is 7.92. The van der Waals surface area contributed by atoms with Gasteiger partial charge >= 0.3 is 0 Å². The number of aryl methyl sites for hydroxylation is 1. The maximum absolute atomic E-state index is 6.39. The number of nitrogens with two attached hydrogens (primary N) is 1. The molecule has 0 radical (unpaired) electrons. The Morgan fingerprint density at radius 2 is 2.29 bits per heavy atom. The third kappa shape index (κ3) is 4.53. The largest absolute Gasteiger partial charge is 0.381 e. The first-order chi connectivity index (χ1) is 10.1. The van der Waals surface area contributed by atoms with Crippen LogP contribution < -0.4 is 5.73 Å². The van der Waals surface area contributed by atoms with Gasteiger partial charge < -0.3 is 19.9 Å². The summed E-state index contributed by atoms with van der Waals surface area (Å²) in [4.78, 5) is 6.67. The van der Waals surface area contributed by atoms with Gasteiger partial charge in [0, 0.05) is 31.3 Å². The monoisotopic (exact) mass is 294 g/mol. The van der Waals surface area contributed by atoms with Crippen LogP contribution in [-0.2, 0) is 11.3 Å². The van der Waals surface area contributed by atoms with Crippen molar-refractivity contribution in [3.05, 3.63) is 18.2 Å². The van der Waals surface area contributed by atoms with Crippen molar-refractivity contribution in [2.24, 2.45) is 11.7 Å². The Hall–Kier alpha value is -0.910. The van der Waals surface area contributed by atoms with Crippen LogP contribution in [0.15, 0.2) is 12.5 Å². The van der Waals surface area contributed by atoms with Crippen molar-refractivity contribution in [1.82, 2.24) is 14.5 Å². The molecule has 0 spiro atoms. The number of nitrogens with zero attached hydrogens (tertiary/aromatic N) is 3. The molecule has 21 heavy (non-hydrogen) atoms.